The van der Waals surface area contributed by atoms with Gasteiger partial charge in [0.1, 0.15) is 19.3 Å². The Kier molecular flexibility index (Phi) is 73.4. The molecule has 0 aliphatic heterocycles. The van der Waals surface area contributed by atoms with Crippen molar-refractivity contribution >= 4 is 39.5 Å². The van der Waals surface area contributed by atoms with E-state index in [-0.39, 0.29) is 25.7 Å². The molecule has 0 amide bonds. The molecule has 0 bridgehead atoms. The van der Waals surface area contributed by atoms with Gasteiger partial charge in [0.15, 0.2) is 12.2 Å². The monoisotopic (exact) mass is 1540 g/mol. The Morgan fingerprint density at radius 2 is 0.457 bits per heavy atom. The van der Waals surface area contributed by atoms with Crippen LogP contribution in [0.1, 0.15) is 447 Å². The van der Waals surface area contributed by atoms with E-state index >= 15 is 0 Å². The first-order valence-corrected chi connectivity index (χ1v) is 47.2. The molecule has 3 N–H and O–H groups in total. The summed E-state index contributed by atoms with van der Waals surface area (Å²) in [6.07, 6.45) is 63.9. The highest BCUT2D eigenvalue weighted by atomic mass is 31.2. The Labute approximate surface area is 645 Å². The molecule has 3 unspecified atom stereocenters. The Morgan fingerprint density at radius 3 is 0.676 bits per heavy atom. The smallest absolute Gasteiger partial charge is 0.462 e. The summed E-state index contributed by atoms with van der Waals surface area (Å²) < 4.78 is 68.9. The second kappa shape index (κ2) is 74.8. The summed E-state index contributed by atoms with van der Waals surface area (Å²) in [7, 11) is -9.93. The van der Waals surface area contributed by atoms with Crippen LogP contribution in [-0.2, 0) is 65.4 Å². The largest absolute Gasteiger partial charge is 0.472 e. The van der Waals surface area contributed by atoms with Crippen LogP contribution in [0, 0.1) is 23.7 Å². The molecule has 19 heteroatoms. The molecule has 0 aliphatic rings. The quantitative estimate of drug-likeness (QED) is 0.0222. The second-order valence-corrected chi connectivity index (χ2v) is 35.5. The van der Waals surface area contributed by atoms with E-state index in [9.17, 15) is 43.2 Å². The van der Waals surface area contributed by atoms with Crippen LogP contribution in [0.25, 0.3) is 0 Å². The average molecular weight is 1540 g/mol. The highest BCUT2D eigenvalue weighted by molar-refractivity contribution is 7.47. The normalized spacial score (nSPS) is 14.2. The van der Waals surface area contributed by atoms with Crippen LogP contribution in [0.4, 0.5) is 0 Å². The van der Waals surface area contributed by atoms with Gasteiger partial charge in [0, 0.05) is 25.7 Å². The number of unbranched alkanes of at least 4 members (excludes halogenated alkanes) is 48. The van der Waals surface area contributed by atoms with Crippen molar-refractivity contribution in [3.05, 3.63) is 0 Å². The van der Waals surface area contributed by atoms with Gasteiger partial charge in [-0.05, 0) is 49.4 Å². The van der Waals surface area contributed by atoms with E-state index in [4.69, 9.17) is 37.0 Å². The Bertz CT molecular complexity index is 2040. The number of rotatable bonds is 83. The van der Waals surface area contributed by atoms with Crippen LogP contribution in [0.5, 0.6) is 0 Å². The number of phosphoric acid groups is 2. The van der Waals surface area contributed by atoms with E-state index in [1.165, 1.54) is 244 Å². The van der Waals surface area contributed by atoms with Gasteiger partial charge >= 0.3 is 39.5 Å². The number of ether oxygens (including phenoxy) is 4. The zero-order valence-corrected chi connectivity index (χ0v) is 71.2. The fourth-order valence-electron chi connectivity index (χ4n) is 13.3. The molecule has 0 aromatic rings. The third-order valence-electron chi connectivity index (χ3n) is 20.4. The predicted molar refractivity (Wildman–Crippen MR) is 432 cm³/mol. The number of aliphatic hydroxyl groups is 1. The van der Waals surface area contributed by atoms with E-state index in [0.717, 1.165) is 120 Å². The zero-order chi connectivity index (χ0) is 77.4. The Morgan fingerprint density at radius 1 is 0.267 bits per heavy atom. The third kappa shape index (κ3) is 78.5. The number of hydrogen-bond donors (Lipinski definition) is 3. The molecule has 0 fully saturated rings. The van der Waals surface area contributed by atoms with Crippen molar-refractivity contribution in [3.8, 4) is 0 Å². The van der Waals surface area contributed by atoms with Gasteiger partial charge in [-0.25, -0.2) is 9.13 Å². The Balaban J connectivity index is 5.24. The van der Waals surface area contributed by atoms with Gasteiger partial charge in [-0.15, -0.1) is 0 Å². The minimum absolute atomic E-state index is 0.107. The molecule has 0 aromatic carbocycles. The lowest BCUT2D eigenvalue weighted by molar-refractivity contribution is -0.161. The molecule has 0 radical (unpaired) electrons. The summed E-state index contributed by atoms with van der Waals surface area (Å²) in [6.45, 7) is 14.3. The minimum atomic E-state index is -4.97. The lowest BCUT2D eigenvalue weighted by atomic mass is 10.00. The molecule has 0 aromatic heterocycles. The molecule has 624 valence electrons. The van der Waals surface area contributed by atoms with Crippen LogP contribution in [0.15, 0.2) is 0 Å². The van der Waals surface area contributed by atoms with E-state index < -0.39 is 97.5 Å². The van der Waals surface area contributed by atoms with Crippen molar-refractivity contribution in [3.63, 3.8) is 0 Å². The van der Waals surface area contributed by atoms with Crippen molar-refractivity contribution in [2.75, 3.05) is 39.6 Å². The van der Waals surface area contributed by atoms with E-state index in [0.29, 0.717) is 25.7 Å². The first-order chi connectivity index (χ1) is 50.6. The van der Waals surface area contributed by atoms with Crippen molar-refractivity contribution in [2.24, 2.45) is 23.7 Å². The van der Waals surface area contributed by atoms with Gasteiger partial charge < -0.3 is 33.8 Å². The summed E-state index contributed by atoms with van der Waals surface area (Å²) in [5.74, 6) is 1.04. The zero-order valence-electron chi connectivity index (χ0n) is 69.4. The molecule has 0 saturated carbocycles. The summed E-state index contributed by atoms with van der Waals surface area (Å²) in [6, 6.07) is 0. The predicted octanol–water partition coefficient (Wildman–Crippen LogP) is 25.9. The topological polar surface area (TPSA) is 237 Å². The van der Waals surface area contributed by atoms with Gasteiger partial charge in [0.05, 0.1) is 26.4 Å². The van der Waals surface area contributed by atoms with Gasteiger partial charge in [-0.3, -0.25) is 37.3 Å². The number of carbonyl (C=O) groups is 4. The molecule has 0 rings (SSSR count). The van der Waals surface area contributed by atoms with Crippen molar-refractivity contribution < 1.29 is 80.2 Å². The number of esters is 4. The van der Waals surface area contributed by atoms with Crippen LogP contribution < -0.4 is 0 Å². The van der Waals surface area contributed by atoms with Gasteiger partial charge in [-0.1, -0.05) is 396 Å². The number of carbonyl (C=O) groups excluding carboxylic acids is 4. The molecule has 0 saturated heterocycles. The molecule has 0 spiro atoms. The third-order valence-corrected chi connectivity index (χ3v) is 22.3. The lowest BCUT2D eigenvalue weighted by Crippen LogP contribution is -2.30. The van der Waals surface area contributed by atoms with Crippen molar-refractivity contribution in [1.29, 1.82) is 0 Å². The second-order valence-electron chi connectivity index (χ2n) is 32.6. The summed E-state index contributed by atoms with van der Waals surface area (Å²) in [4.78, 5) is 73.2. The van der Waals surface area contributed by atoms with Crippen LogP contribution in [-0.4, -0.2) is 96.7 Å². The van der Waals surface area contributed by atoms with Gasteiger partial charge in [-0.2, -0.15) is 0 Å². The standard InChI is InChI=1S/C86H168O17P2/c1-9-79(8)65-57-49-44-45-51-59-67-84(89)97-73-82(103-86(91)69-61-53-43-37-31-25-19-13-16-22-28-34-40-48-56-64-78(6)7)75-101-105(94,95)99-71-80(87)70-98-104(92,93)100-74-81(72-96-83(88)66-58-50-41-35-29-23-18-12-15-21-27-33-39-47-55-63-77(4)5)102-85(90)68-60-52-42-36-30-24-17-11-10-14-20-26-32-38-46-54-62-76(2)3/h76-82,87H,9-75H2,1-8H3,(H,92,93)(H,94,95)/t79?,80-,81-,82-/m1/s1. The highest BCUT2D eigenvalue weighted by Gasteiger charge is 2.31. The lowest BCUT2D eigenvalue weighted by Gasteiger charge is -2.21. The van der Waals surface area contributed by atoms with Crippen molar-refractivity contribution in [2.45, 2.75) is 465 Å². The fraction of sp³-hybridized carbons (Fsp3) is 0.953. The Hall–Kier alpha value is -1.94. The van der Waals surface area contributed by atoms with Crippen LogP contribution in [0.2, 0.25) is 0 Å². The maximum Gasteiger partial charge on any atom is 0.472 e. The summed E-state index contributed by atoms with van der Waals surface area (Å²) in [5.41, 5.74) is 0. The first-order valence-electron chi connectivity index (χ1n) is 44.2. The average Bonchev–Trinajstić information content (AvgIpc) is 0.907. The molecule has 105 heavy (non-hydrogen) atoms. The van der Waals surface area contributed by atoms with Crippen LogP contribution in [0.3, 0.4) is 0 Å². The number of phosphoric ester groups is 2. The fourth-order valence-corrected chi connectivity index (χ4v) is 14.9. The molecular formula is C86H168O17P2. The molecule has 0 aliphatic carbocycles. The molecule has 0 heterocycles. The first kappa shape index (κ1) is 103. The summed E-state index contributed by atoms with van der Waals surface area (Å²) >= 11 is 0. The minimum Gasteiger partial charge on any atom is -0.462 e. The molecule has 6 atom stereocenters. The van der Waals surface area contributed by atoms with Gasteiger partial charge in [0.2, 0.25) is 0 Å². The number of hydrogen-bond acceptors (Lipinski definition) is 15. The summed E-state index contributed by atoms with van der Waals surface area (Å²) in [5, 5.41) is 10.7. The van der Waals surface area contributed by atoms with Crippen molar-refractivity contribution in [1.82, 2.24) is 0 Å². The van der Waals surface area contributed by atoms with E-state index in [1.54, 1.807) is 0 Å². The highest BCUT2D eigenvalue weighted by Crippen LogP contribution is 2.45. The molecule has 17 nitrogen and oxygen atoms in total. The maximum atomic E-state index is 13.1. The maximum absolute atomic E-state index is 13.1. The van der Waals surface area contributed by atoms with Crippen LogP contribution >= 0.6 is 15.6 Å². The SMILES string of the molecule is CCC(C)CCCCCCCCC(=O)OC[C@H](COP(=O)(O)OC[C@H](O)COP(=O)(O)OC[C@@H](COC(=O)CCCCCCCCCCCCCCCCCC(C)C)OC(=O)CCCCCCCCCCCCCCCCCCC(C)C)OC(=O)CCCCCCCCCCCCCCCCCC(C)C. The van der Waals surface area contributed by atoms with E-state index in [2.05, 4.69) is 55.4 Å². The number of aliphatic hydroxyl groups excluding tert-OH is 1. The van der Waals surface area contributed by atoms with E-state index in [1.807, 2.05) is 0 Å². The molecular weight excluding hydrogens is 1370 g/mol. The van der Waals surface area contributed by atoms with Gasteiger partial charge in [0.25, 0.3) is 0 Å².